The molecule has 2 bridgehead atoms. The fourth-order valence-corrected chi connectivity index (χ4v) is 4.54. The predicted molar refractivity (Wildman–Crippen MR) is 103 cm³/mol. The first-order valence-electron chi connectivity index (χ1n) is 9.68. The number of carbonyl (C=O) groups is 2. The lowest BCUT2D eigenvalue weighted by Crippen LogP contribution is -2.52. The van der Waals surface area contributed by atoms with E-state index in [2.05, 4.69) is 28.2 Å². The fraction of sp³-hybridized carbons (Fsp3) is 0.409. The smallest absolute Gasteiger partial charge is 0.251 e. The minimum atomic E-state index is -0.0542. The zero-order valence-electron chi connectivity index (χ0n) is 15.6. The topological polar surface area (TPSA) is 62.3 Å². The van der Waals surface area contributed by atoms with Gasteiger partial charge in [-0.3, -0.25) is 14.6 Å². The van der Waals surface area contributed by atoms with Crippen LogP contribution in [0, 0.1) is 6.92 Å². The van der Waals surface area contributed by atoms with Crippen molar-refractivity contribution in [3.8, 4) is 0 Å². The molecule has 0 spiro atoms. The van der Waals surface area contributed by atoms with Gasteiger partial charge in [0, 0.05) is 36.1 Å². The van der Waals surface area contributed by atoms with E-state index in [4.69, 9.17) is 0 Å². The van der Waals surface area contributed by atoms with Crippen molar-refractivity contribution in [2.45, 2.75) is 57.2 Å². The van der Waals surface area contributed by atoms with E-state index < -0.39 is 0 Å². The van der Waals surface area contributed by atoms with Crippen LogP contribution in [0.4, 0.5) is 0 Å². The number of nitrogens with one attached hydrogen (secondary N) is 1. The maximum atomic E-state index is 13.0. The second-order valence-electron chi connectivity index (χ2n) is 7.67. The van der Waals surface area contributed by atoms with Gasteiger partial charge in [-0.05, 0) is 55.9 Å². The van der Waals surface area contributed by atoms with E-state index in [-0.39, 0.29) is 29.9 Å². The van der Waals surface area contributed by atoms with E-state index in [0.717, 1.165) is 36.8 Å². The molecule has 5 nitrogen and oxygen atoms in total. The molecule has 3 heterocycles. The molecule has 140 valence electrons. The molecule has 5 heteroatoms. The molecule has 2 aliphatic rings. The molecule has 2 aromatic rings. The molecule has 0 radical (unpaired) electrons. The van der Waals surface area contributed by atoms with Crippen molar-refractivity contribution in [2.75, 3.05) is 0 Å². The zero-order valence-corrected chi connectivity index (χ0v) is 15.6. The number of carbonyl (C=O) groups excluding carboxylic acids is 2. The lowest BCUT2D eigenvalue weighted by molar-refractivity contribution is -0.135. The lowest BCUT2D eigenvalue weighted by atomic mass is 9.95. The Morgan fingerprint density at radius 2 is 1.74 bits per heavy atom. The van der Waals surface area contributed by atoms with Crippen LogP contribution >= 0.6 is 0 Å². The van der Waals surface area contributed by atoms with Crippen molar-refractivity contribution in [3.63, 3.8) is 0 Å². The van der Waals surface area contributed by atoms with Crippen LogP contribution < -0.4 is 5.32 Å². The van der Waals surface area contributed by atoms with Crippen molar-refractivity contribution in [1.29, 1.82) is 0 Å². The van der Waals surface area contributed by atoms with Crippen molar-refractivity contribution in [2.24, 2.45) is 0 Å². The summed E-state index contributed by atoms with van der Waals surface area (Å²) in [5, 5.41) is 3.15. The number of hydrogen-bond acceptors (Lipinski definition) is 3. The third-order valence-corrected chi connectivity index (χ3v) is 5.90. The number of rotatable bonds is 4. The van der Waals surface area contributed by atoms with Crippen molar-refractivity contribution in [3.05, 3.63) is 65.5 Å². The molecular weight excluding hydrogens is 338 g/mol. The SMILES string of the molecule is Cc1ccccc1CC(=O)N1[C@@H]2CC[C@H]1CC(NC(=O)c1ccncc1)C2. The average molecular weight is 363 g/mol. The summed E-state index contributed by atoms with van der Waals surface area (Å²) in [5.74, 6) is 0.164. The molecular formula is C22H25N3O2. The highest BCUT2D eigenvalue weighted by Crippen LogP contribution is 2.36. The van der Waals surface area contributed by atoms with Gasteiger partial charge in [0.25, 0.3) is 5.91 Å². The number of nitrogens with zero attached hydrogens (tertiary/aromatic N) is 2. The van der Waals surface area contributed by atoms with Gasteiger partial charge in [0.05, 0.1) is 6.42 Å². The van der Waals surface area contributed by atoms with Gasteiger partial charge in [-0.25, -0.2) is 0 Å². The summed E-state index contributed by atoms with van der Waals surface area (Å²) in [6.45, 7) is 2.05. The Bertz CT molecular complexity index is 822. The maximum absolute atomic E-state index is 13.0. The van der Waals surface area contributed by atoms with Crippen LogP contribution in [-0.2, 0) is 11.2 Å². The van der Waals surface area contributed by atoms with Crippen LogP contribution in [0.25, 0.3) is 0 Å². The Morgan fingerprint density at radius 1 is 1.07 bits per heavy atom. The molecule has 0 aliphatic carbocycles. The number of aromatic nitrogens is 1. The molecule has 2 fully saturated rings. The number of benzene rings is 1. The van der Waals surface area contributed by atoms with Crippen LogP contribution in [0.2, 0.25) is 0 Å². The number of fused-ring (bicyclic) bond motifs is 2. The molecule has 2 saturated heterocycles. The van der Waals surface area contributed by atoms with Crippen molar-refractivity contribution >= 4 is 11.8 Å². The van der Waals surface area contributed by atoms with Gasteiger partial charge in [0.1, 0.15) is 0 Å². The summed E-state index contributed by atoms with van der Waals surface area (Å²) < 4.78 is 0. The molecule has 1 unspecified atom stereocenters. The molecule has 27 heavy (non-hydrogen) atoms. The normalized spacial score (nSPS) is 23.9. The molecule has 3 atom stereocenters. The highest BCUT2D eigenvalue weighted by molar-refractivity contribution is 5.94. The monoisotopic (exact) mass is 363 g/mol. The summed E-state index contributed by atoms with van der Waals surface area (Å²) >= 11 is 0. The number of piperidine rings is 1. The fourth-order valence-electron chi connectivity index (χ4n) is 4.54. The van der Waals surface area contributed by atoms with E-state index in [0.29, 0.717) is 12.0 Å². The van der Waals surface area contributed by atoms with Gasteiger partial charge in [-0.1, -0.05) is 24.3 Å². The standard InChI is InChI=1S/C22H25N3O2/c1-15-4-2-3-5-17(15)12-21(26)25-19-6-7-20(25)14-18(13-19)24-22(27)16-8-10-23-11-9-16/h2-5,8-11,18-20H,6-7,12-14H2,1H3,(H,24,27)/t18?,19-,20+. The van der Waals surface area contributed by atoms with Crippen LogP contribution in [0.1, 0.15) is 47.2 Å². The molecule has 1 aromatic heterocycles. The van der Waals surface area contributed by atoms with E-state index in [1.807, 2.05) is 18.2 Å². The quantitative estimate of drug-likeness (QED) is 0.909. The largest absolute Gasteiger partial charge is 0.349 e. The van der Waals surface area contributed by atoms with E-state index in [1.165, 1.54) is 0 Å². The van der Waals surface area contributed by atoms with Crippen LogP contribution in [0.5, 0.6) is 0 Å². The lowest BCUT2D eigenvalue weighted by Gasteiger charge is -2.39. The minimum Gasteiger partial charge on any atom is -0.349 e. The summed E-state index contributed by atoms with van der Waals surface area (Å²) in [6, 6.07) is 12.1. The van der Waals surface area contributed by atoms with E-state index in [9.17, 15) is 9.59 Å². The second-order valence-corrected chi connectivity index (χ2v) is 7.67. The van der Waals surface area contributed by atoms with Crippen LogP contribution in [-0.4, -0.2) is 39.8 Å². The number of amides is 2. The van der Waals surface area contributed by atoms with Crippen molar-refractivity contribution < 1.29 is 9.59 Å². The van der Waals surface area contributed by atoms with Gasteiger partial charge in [0.15, 0.2) is 0 Å². The Labute approximate surface area is 159 Å². The Balaban J connectivity index is 1.39. The summed E-state index contributed by atoms with van der Waals surface area (Å²) in [7, 11) is 0. The first-order valence-corrected chi connectivity index (χ1v) is 9.68. The van der Waals surface area contributed by atoms with Gasteiger partial charge in [-0.2, -0.15) is 0 Å². The van der Waals surface area contributed by atoms with Gasteiger partial charge >= 0.3 is 0 Å². The van der Waals surface area contributed by atoms with Crippen LogP contribution in [0.3, 0.4) is 0 Å². The van der Waals surface area contributed by atoms with Gasteiger partial charge in [-0.15, -0.1) is 0 Å². The third kappa shape index (κ3) is 3.72. The van der Waals surface area contributed by atoms with E-state index in [1.54, 1.807) is 24.5 Å². The zero-order chi connectivity index (χ0) is 18.8. The highest BCUT2D eigenvalue weighted by atomic mass is 16.2. The summed E-state index contributed by atoms with van der Waals surface area (Å²) in [6.07, 6.45) is 7.47. The first kappa shape index (κ1) is 17.7. The Morgan fingerprint density at radius 3 is 2.41 bits per heavy atom. The Kier molecular flexibility index (Phi) is 4.92. The molecule has 1 aromatic carbocycles. The minimum absolute atomic E-state index is 0.0542. The van der Waals surface area contributed by atoms with Crippen molar-refractivity contribution in [1.82, 2.24) is 15.2 Å². The second kappa shape index (κ2) is 7.51. The molecule has 0 saturated carbocycles. The Hall–Kier alpha value is -2.69. The number of aryl methyl sites for hydroxylation is 1. The highest BCUT2D eigenvalue weighted by Gasteiger charge is 2.43. The maximum Gasteiger partial charge on any atom is 0.251 e. The number of pyridine rings is 1. The third-order valence-electron chi connectivity index (χ3n) is 5.90. The molecule has 4 rings (SSSR count). The summed E-state index contributed by atoms with van der Waals surface area (Å²) in [5.41, 5.74) is 2.91. The first-order chi connectivity index (χ1) is 13.1. The molecule has 2 amide bonds. The molecule has 1 N–H and O–H groups in total. The summed E-state index contributed by atoms with van der Waals surface area (Å²) in [4.78, 5) is 31.4. The average Bonchev–Trinajstić information content (AvgIpc) is 2.95. The van der Waals surface area contributed by atoms with Gasteiger partial charge in [0.2, 0.25) is 5.91 Å². The number of hydrogen-bond donors (Lipinski definition) is 1. The van der Waals surface area contributed by atoms with Crippen LogP contribution in [0.15, 0.2) is 48.8 Å². The van der Waals surface area contributed by atoms with E-state index >= 15 is 0 Å². The predicted octanol–water partition coefficient (Wildman–Crippen LogP) is 2.88. The molecule has 2 aliphatic heterocycles. The van der Waals surface area contributed by atoms with Gasteiger partial charge < -0.3 is 10.2 Å².